The molecular formula is C14H27N. The highest BCUT2D eigenvalue weighted by Gasteiger charge is 1.91. The van der Waals surface area contributed by atoms with Crippen LogP contribution in [0.15, 0.2) is 23.8 Å². The molecule has 15 heavy (non-hydrogen) atoms. The van der Waals surface area contributed by atoms with Crippen molar-refractivity contribution in [2.45, 2.75) is 47.0 Å². The van der Waals surface area contributed by atoms with Crippen molar-refractivity contribution in [1.82, 2.24) is 5.32 Å². The highest BCUT2D eigenvalue weighted by molar-refractivity contribution is 5.17. The van der Waals surface area contributed by atoms with Gasteiger partial charge in [-0.05, 0) is 38.8 Å². The van der Waals surface area contributed by atoms with Crippen LogP contribution in [0, 0.1) is 5.92 Å². The highest BCUT2D eigenvalue weighted by Crippen LogP contribution is 2.06. The van der Waals surface area contributed by atoms with Gasteiger partial charge in [0.25, 0.3) is 0 Å². The molecule has 0 heterocycles. The molecule has 0 radical (unpaired) electrons. The monoisotopic (exact) mass is 209 g/mol. The Morgan fingerprint density at radius 2 is 2.07 bits per heavy atom. The van der Waals surface area contributed by atoms with Gasteiger partial charge in [0, 0.05) is 0 Å². The Hall–Kier alpha value is -0.560. The van der Waals surface area contributed by atoms with Crippen LogP contribution in [0.5, 0.6) is 0 Å². The van der Waals surface area contributed by atoms with Crippen molar-refractivity contribution in [3.05, 3.63) is 23.8 Å². The summed E-state index contributed by atoms with van der Waals surface area (Å²) in [5.41, 5.74) is 1.46. The highest BCUT2D eigenvalue weighted by atomic mass is 14.8. The first kappa shape index (κ1) is 14.4. The number of allylic oxidation sites excluding steroid dienone is 3. The SMILES string of the molecule is C/C=C(\C=C/CCNCC(C)C)CCC. The van der Waals surface area contributed by atoms with Gasteiger partial charge in [0.1, 0.15) is 0 Å². The summed E-state index contributed by atoms with van der Waals surface area (Å²) in [4.78, 5) is 0. The molecule has 0 atom stereocenters. The summed E-state index contributed by atoms with van der Waals surface area (Å²) in [7, 11) is 0. The third-order valence-electron chi connectivity index (χ3n) is 2.28. The van der Waals surface area contributed by atoms with Gasteiger partial charge in [-0.1, -0.05) is 51.0 Å². The van der Waals surface area contributed by atoms with Crippen LogP contribution < -0.4 is 5.32 Å². The molecule has 0 aromatic heterocycles. The number of rotatable bonds is 8. The van der Waals surface area contributed by atoms with Gasteiger partial charge in [0.05, 0.1) is 0 Å². The average molecular weight is 209 g/mol. The molecule has 0 bridgehead atoms. The van der Waals surface area contributed by atoms with E-state index in [0.717, 1.165) is 25.4 Å². The van der Waals surface area contributed by atoms with Gasteiger partial charge in [-0.3, -0.25) is 0 Å². The topological polar surface area (TPSA) is 12.0 Å². The zero-order chi connectivity index (χ0) is 11.5. The summed E-state index contributed by atoms with van der Waals surface area (Å²) in [5, 5.41) is 3.44. The van der Waals surface area contributed by atoms with E-state index in [0.29, 0.717) is 0 Å². The maximum atomic E-state index is 3.44. The van der Waals surface area contributed by atoms with Crippen LogP contribution in [-0.4, -0.2) is 13.1 Å². The fraction of sp³-hybridized carbons (Fsp3) is 0.714. The molecule has 0 aliphatic carbocycles. The zero-order valence-corrected chi connectivity index (χ0v) is 10.8. The van der Waals surface area contributed by atoms with E-state index in [4.69, 9.17) is 0 Å². The first-order chi connectivity index (χ1) is 7.20. The molecule has 0 aromatic carbocycles. The van der Waals surface area contributed by atoms with Crippen molar-refractivity contribution in [2.24, 2.45) is 5.92 Å². The summed E-state index contributed by atoms with van der Waals surface area (Å²) < 4.78 is 0. The van der Waals surface area contributed by atoms with Crippen molar-refractivity contribution in [3.63, 3.8) is 0 Å². The molecule has 1 N–H and O–H groups in total. The summed E-state index contributed by atoms with van der Waals surface area (Å²) >= 11 is 0. The van der Waals surface area contributed by atoms with Gasteiger partial charge >= 0.3 is 0 Å². The van der Waals surface area contributed by atoms with E-state index in [2.05, 4.69) is 51.2 Å². The lowest BCUT2D eigenvalue weighted by Crippen LogP contribution is -2.20. The van der Waals surface area contributed by atoms with Crippen LogP contribution in [0.4, 0.5) is 0 Å². The lowest BCUT2D eigenvalue weighted by Gasteiger charge is -2.05. The zero-order valence-electron chi connectivity index (χ0n) is 10.8. The van der Waals surface area contributed by atoms with Gasteiger partial charge in [-0.25, -0.2) is 0 Å². The Bertz CT molecular complexity index is 190. The molecule has 0 amide bonds. The van der Waals surface area contributed by atoms with Gasteiger partial charge in [-0.2, -0.15) is 0 Å². The predicted molar refractivity (Wildman–Crippen MR) is 70.1 cm³/mol. The molecule has 0 aliphatic rings. The molecule has 0 fully saturated rings. The Morgan fingerprint density at radius 3 is 2.60 bits per heavy atom. The number of nitrogens with one attached hydrogen (secondary N) is 1. The van der Waals surface area contributed by atoms with Gasteiger partial charge in [0.2, 0.25) is 0 Å². The van der Waals surface area contributed by atoms with Crippen molar-refractivity contribution >= 4 is 0 Å². The predicted octanol–water partition coefficient (Wildman–Crippen LogP) is 3.92. The van der Waals surface area contributed by atoms with Crippen LogP contribution in [-0.2, 0) is 0 Å². The first-order valence-corrected chi connectivity index (χ1v) is 6.23. The van der Waals surface area contributed by atoms with E-state index in [1.54, 1.807) is 0 Å². The largest absolute Gasteiger partial charge is 0.316 e. The van der Waals surface area contributed by atoms with E-state index in [1.807, 2.05) is 0 Å². The van der Waals surface area contributed by atoms with Crippen LogP contribution in [0.3, 0.4) is 0 Å². The minimum Gasteiger partial charge on any atom is -0.316 e. The van der Waals surface area contributed by atoms with Crippen molar-refractivity contribution in [3.8, 4) is 0 Å². The Labute approximate surface area is 95.7 Å². The molecule has 1 nitrogen and oxygen atoms in total. The molecule has 0 rings (SSSR count). The maximum Gasteiger partial charge on any atom is -0.00140 e. The maximum absolute atomic E-state index is 3.44. The Morgan fingerprint density at radius 1 is 1.33 bits per heavy atom. The second-order valence-electron chi connectivity index (χ2n) is 4.40. The normalized spacial score (nSPS) is 13.0. The fourth-order valence-electron chi connectivity index (χ4n) is 1.42. The molecule has 0 saturated carbocycles. The molecule has 0 aliphatic heterocycles. The summed E-state index contributed by atoms with van der Waals surface area (Å²) in [5.74, 6) is 0.750. The van der Waals surface area contributed by atoms with Gasteiger partial charge in [0.15, 0.2) is 0 Å². The Kier molecular flexibility index (Phi) is 9.60. The van der Waals surface area contributed by atoms with E-state index >= 15 is 0 Å². The third kappa shape index (κ3) is 9.74. The molecule has 0 aromatic rings. The molecule has 88 valence electrons. The van der Waals surface area contributed by atoms with Crippen LogP contribution >= 0.6 is 0 Å². The quantitative estimate of drug-likeness (QED) is 0.472. The van der Waals surface area contributed by atoms with E-state index in [9.17, 15) is 0 Å². The summed E-state index contributed by atoms with van der Waals surface area (Å²) in [6.07, 6.45) is 10.3. The summed E-state index contributed by atoms with van der Waals surface area (Å²) in [6, 6.07) is 0. The molecule has 0 saturated heterocycles. The van der Waals surface area contributed by atoms with Crippen LogP contribution in [0.1, 0.15) is 47.0 Å². The average Bonchev–Trinajstić information content (AvgIpc) is 2.21. The van der Waals surface area contributed by atoms with Crippen LogP contribution in [0.25, 0.3) is 0 Å². The third-order valence-corrected chi connectivity index (χ3v) is 2.28. The number of hydrogen-bond donors (Lipinski definition) is 1. The standard InChI is InChI=1S/C14H27N/c1-5-9-14(6-2)10-7-8-11-15-12-13(3)4/h6-7,10,13,15H,5,8-9,11-12H2,1-4H3/b10-7-,14-6-. The second-order valence-corrected chi connectivity index (χ2v) is 4.40. The van der Waals surface area contributed by atoms with Gasteiger partial charge < -0.3 is 5.32 Å². The summed E-state index contributed by atoms with van der Waals surface area (Å²) in [6.45, 7) is 11.0. The minimum atomic E-state index is 0.750. The van der Waals surface area contributed by atoms with Gasteiger partial charge in [-0.15, -0.1) is 0 Å². The fourth-order valence-corrected chi connectivity index (χ4v) is 1.42. The Balaban J connectivity index is 3.52. The second kappa shape index (κ2) is 9.97. The van der Waals surface area contributed by atoms with Crippen molar-refractivity contribution in [2.75, 3.05) is 13.1 Å². The smallest absolute Gasteiger partial charge is 0.00140 e. The van der Waals surface area contributed by atoms with E-state index in [1.165, 1.54) is 18.4 Å². The molecular weight excluding hydrogens is 182 g/mol. The molecule has 0 unspecified atom stereocenters. The number of hydrogen-bond acceptors (Lipinski definition) is 1. The lowest BCUT2D eigenvalue weighted by molar-refractivity contribution is 0.557. The van der Waals surface area contributed by atoms with Crippen molar-refractivity contribution < 1.29 is 0 Å². The van der Waals surface area contributed by atoms with Crippen molar-refractivity contribution in [1.29, 1.82) is 0 Å². The van der Waals surface area contributed by atoms with E-state index in [-0.39, 0.29) is 0 Å². The molecule has 0 spiro atoms. The van der Waals surface area contributed by atoms with Crippen LogP contribution in [0.2, 0.25) is 0 Å². The van der Waals surface area contributed by atoms with E-state index < -0.39 is 0 Å². The lowest BCUT2D eigenvalue weighted by atomic mass is 10.1. The first-order valence-electron chi connectivity index (χ1n) is 6.23. The minimum absolute atomic E-state index is 0.750. The molecule has 1 heteroatoms.